The molecule has 29 heavy (non-hydrogen) atoms. The lowest BCUT2D eigenvalue weighted by Gasteiger charge is -2.27. The highest BCUT2D eigenvalue weighted by Gasteiger charge is 2.32. The summed E-state index contributed by atoms with van der Waals surface area (Å²) in [5, 5.41) is 9.26. The van der Waals surface area contributed by atoms with Crippen LogP contribution in [0, 0.1) is 0 Å². The Labute approximate surface area is 176 Å². The van der Waals surface area contributed by atoms with Crippen LogP contribution < -0.4 is 15.4 Å². The van der Waals surface area contributed by atoms with E-state index < -0.39 is 0 Å². The number of rotatable bonds is 3. The minimum absolute atomic E-state index is 0.0493. The van der Waals surface area contributed by atoms with E-state index in [4.69, 9.17) is 4.74 Å². The minimum atomic E-state index is -0.380. The van der Waals surface area contributed by atoms with E-state index in [-0.39, 0.29) is 18.0 Å². The summed E-state index contributed by atoms with van der Waals surface area (Å²) in [5.74, 6) is 0.0248. The van der Waals surface area contributed by atoms with Crippen LogP contribution in [0.2, 0.25) is 0 Å². The lowest BCUT2D eigenvalue weighted by atomic mass is 10.0. The second-order valence-electron chi connectivity index (χ2n) is 7.19. The third-order valence-corrected chi connectivity index (χ3v) is 7.15. The first-order valence-corrected chi connectivity index (χ1v) is 11.0. The van der Waals surface area contributed by atoms with Crippen LogP contribution >= 0.6 is 22.7 Å². The molecule has 2 N–H and O–H groups in total. The molecule has 0 saturated carbocycles. The van der Waals surface area contributed by atoms with Crippen molar-refractivity contribution < 1.29 is 14.3 Å². The van der Waals surface area contributed by atoms with Crippen molar-refractivity contribution in [1.29, 1.82) is 0 Å². The van der Waals surface area contributed by atoms with Crippen molar-refractivity contribution in [1.82, 2.24) is 10.2 Å². The molecule has 1 aromatic carbocycles. The number of esters is 1. The minimum Gasteiger partial charge on any atom is -0.422 e. The zero-order valence-corrected chi connectivity index (χ0v) is 17.4. The number of nitrogens with one attached hydrogen (secondary N) is 2. The zero-order chi connectivity index (χ0) is 20.0. The van der Waals surface area contributed by atoms with Gasteiger partial charge in [-0.2, -0.15) is 0 Å². The molecule has 1 atom stereocenters. The van der Waals surface area contributed by atoms with Crippen LogP contribution in [0.3, 0.4) is 0 Å². The molecule has 0 aliphatic carbocycles. The number of thiophene rings is 2. The van der Waals surface area contributed by atoms with Crippen LogP contribution in [0.25, 0.3) is 0 Å². The van der Waals surface area contributed by atoms with Crippen LogP contribution in [0.5, 0.6) is 5.75 Å². The number of carbonyl (C=O) groups excluding carboxylic acids is 2. The van der Waals surface area contributed by atoms with Gasteiger partial charge in [0.1, 0.15) is 21.8 Å². The summed E-state index contributed by atoms with van der Waals surface area (Å²) in [6, 6.07) is 10.8. The maximum Gasteiger partial charge on any atom is 0.353 e. The molecule has 4 heterocycles. The van der Waals surface area contributed by atoms with Gasteiger partial charge < -0.3 is 20.3 Å². The van der Waals surface area contributed by atoms with Gasteiger partial charge in [-0.1, -0.05) is 18.2 Å². The Balaban J connectivity index is 1.39. The molecule has 0 radical (unpaired) electrons. The second kappa shape index (κ2) is 7.29. The van der Waals surface area contributed by atoms with Gasteiger partial charge in [0, 0.05) is 18.0 Å². The summed E-state index contributed by atoms with van der Waals surface area (Å²) < 4.78 is 5.49. The number of amides is 1. The Bertz CT molecular complexity index is 1090. The molecule has 0 bridgehead atoms. The predicted molar refractivity (Wildman–Crippen MR) is 114 cm³/mol. The Morgan fingerprint density at radius 2 is 2.14 bits per heavy atom. The van der Waals surface area contributed by atoms with Gasteiger partial charge >= 0.3 is 5.97 Å². The van der Waals surface area contributed by atoms with E-state index in [0.717, 1.165) is 35.6 Å². The molecule has 5 rings (SSSR count). The lowest BCUT2D eigenvalue weighted by molar-refractivity contribution is 0.0739. The number of hydrogen-bond donors (Lipinski definition) is 2. The SMILES string of the molecule is CN1CCc2c(sc3c2C(=O)N[C@@H](c2cccc(OC(=O)c4cccs4)c2)N3)C1. The molecule has 0 unspecified atom stereocenters. The third kappa shape index (κ3) is 3.43. The number of anilines is 1. The Hall–Kier alpha value is -2.68. The van der Waals surface area contributed by atoms with Crippen molar-refractivity contribution in [3.8, 4) is 5.75 Å². The highest BCUT2D eigenvalue weighted by molar-refractivity contribution is 7.16. The van der Waals surface area contributed by atoms with Crippen molar-refractivity contribution in [2.24, 2.45) is 0 Å². The molecule has 3 aromatic rings. The van der Waals surface area contributed by atoms with Gasteiger partial charge in [0.2, 0.25) is 0 Å². The van der Waals surface area contributed by atoms with E-state index in [1.807, 2.05) is 23.6 Å². The summed E-state index contributed by atoms with van der Waals surface area (Å²) >= 11 is 3.00. The molecule has 2 aliphatic rings. The maximum atomic E-state index is 12.9. The smallest absolute Gasteiger partial charge is 0.353 e. The van der Waals surface area contributed by atoms with E-state index in [1.165, 1.54) is 21.8 Å². The summed E-state index contributed by atoms with van der Waals surface area (Å²) in [5.41, 5.74) is 2.80. The highest BCUT2D eigenvalue weighted by atomic mass is 32.1. The fourth-order valence-corrected chi connectivity index (χ4v) is 5.67. The van der Waals surface area contributed by atoms with Gasteiger partial charge in [-0.05, 0) is 48.2 Å². The first-order chi connectivity index (χ1) is 14.1. The fraction of sp³-hybridized carbons (Fsp3) is 0.238. The number of benzene rings is 1. The average molecular weight is 426 g/mol. The van der Waals surface area contributed by atoms with E-state index in [2.05, 4.69) is 22.6 Å². The highest BCUT2D eigenvalue weighted by Crippen LogP contribution is 2.40. The summed E-state index contributed by atoms with van der Waals surface area (Å²) in [6.07, 6.45) is 0.527. The maximum absolute atomic E-state index is 12.9. The average Bonchev–Trinajstić information content (AvgIpc) is 3.35. The molecular weight excluding hydrogens is 406 g/mol. The third-order valence-electron chi connectivity index (χ3n) is 5.15. The second-order valence-corrected chi connectivity index (χ2v) is 9.24. The van der Waals surface area contributed by atoms with Crippen LogP contribution in [0.1, 0.15) is 42.2 Å². The first kappa shape index (κ1) is 18.4. The van der Waals surface area contributed by atoms with Gasteiger partial charge in [0.05, 0.1) is 5.56 Å². The Morgan fingerprint density at radius 1 is 1.24 bits per heavy atom. The first-order valence-electron chi connectivity index (χ1n) is 9.34. The molecule has 1 amide bonds. The van der Waals surface area contributed by atoms with Crippen molar-refractivity contribution in [3.05, 3.63) is 68.2 Å². The molecule has 8 heteroatoms. The van der Waals surface area contributed by atoms with E-state index in [1.54, 1.807) is 29.5 Å². The van der Waals surface area contributed by atoms with Crippen LogP contribution in [0.4, 0.5) is 5.00 Å². The summed E-state index contributed by atoms with van der Waals surface area (Å²) in [7, 11) is 2.10. The topological polar surface area (TPSA) is 70.7 Å². The van der Waals surface area contributed by atoms with Gasteiger partial charge in [0.25, 0.3) is 5.91 Å². The molecular formula is C21H19N3O3S2. The van der Waals surface area contributed by atoms with Crippen molar-refractivity contribution in [3.63, 3.8) is 0 Å². The zero-order valence-electron chi connectivity index (χ0n) is 15.7. The van der Waals surface area contributed by atoms with Gasteiger partial charge in [-0.25, -0.2) is 4.79 Å². The Kier molecular flexibility index (Phi) is 4.61. The number of fused-ring (bicyclic) bond motifs is 3. The molecule has 148 valence electrons. The van der Waals surface area contributed by atoms with Gasteiger partial charge in [-0.3, -0.25) is 4.79 Å². The fourth-order valence-electron chi connectivity index (χ4n) is 3.72. The number of ether oxygens (including phenoxy) is 1. The standard InChI is InChI=1S/C21H19N3O3S2/c1-24-8-7-14-16(11-24)29-20-17(14)19(25)22-18(23-20)12-4-2-5-13(10-12)27-21(26)15-6-3-9-28-15/h2-6,9-10,18,23H,7-8,11H2,1H3,(H,22,25)/t18-/m1/s1. The molecule has 0 saturated heterocycles. The van der Waals surface area contributed by atoms with Crippen molar-refractivity contribution in [2.45, 2.75) is 19.1 Å². The Morgan fingerprint density at radius 3 is 2.97 bits per heavy atom. The lowest BCUT2D eigenvalue weighted by Crippen LogP contribution is -2.38. The van der Waals surface area contributed by atoms with Gasteiger partial charge in [-0.15, -0.1) is 22.7 Å². The summed E-state index contributed by atoms with van der Waals surface area (Å²) in [6.45, 7) is 1.84. The normalized spacial score (nSPS) is 18.4. The molecule has 0 fully saturated rings. The summed E-state index contributed by atoms with van der Waals surface area (Å²) in [4.78, 5) is 29.2. The van der Waals surface area contributed by atoms with Crippen molar-refractivity contribution in [2.75, 3.05) is 18.9 Å². The van der Waals surface area contributed by atoms with E-state index >= 15 is 0 Å². The quantitative estimate of drug-likeness (QED) is 0.492. The van der Waals surface area contributed by atoms with E-state index in [0.29, 0.717) is 10.6 Å². The number of carbonyl (C=O) groups is 2. The van der Waals surface area contributed by atoms with Crippen LogP contribution in [0.15, 0.2) is 41.8 Å². The molecule has 6 nitrogen and oxygen atoms in total. The molecule has 0 spiro atoms. The molecule has 2 aliphatic heterocycles. The number of nitrogens with zero attached hydrogens (tertiary/aromatic N) is 1. The van der Waals surface area contributed by atoms with E-state index in [9.17, 15) is 9.59 Å². The largest absolute Gasteiger partial charge is 0.422 e. The monoisotopic (exact) mass is 425 g/mol. The van der Waals surface area contributed by atoms with Crippen LogP contribution in [-0.2, 0) is 13.0 Å². The van der Waals surface area contributed by atoms with Crippen LogP contribution in [-0.4, -0.2) is 30.4 Å². The molecule has 2 aromatic heterocycles. The number of hydrogen-bond acceptors (Lipinski definition) is 7. The number of likely N-dealkylation sites (N-methyl/N-ethyl adjacent to an activating group) is 1. The predicted octanol–water partition coefficient (Wildman–Crippen LogP) is 3.87. The van der Waals surface area contributed by atoms with Gasteiger partial charge in [0.15, 0.2) is 0 Å². The van der Waals surface area contributed by atoms with Crippen molar-refractivity contribution >= 4 is 39.6 Å².